The number of Topliss-reactive ketones (excluding diaryl/α,β-unsaturated/α-hetero) is 1. The Morgan fingerprint density at radius 1 is 1.07 bits per heavy atom. The lowest BCUT2D eigenvalue weighted by molar-refractivity contribution is -0.147. The van der Waals surface area contributed by atoms with Gasteiger partial charge in [0.15, 0.2) is 0 Å². The van der Waals surface area contributed by atoms with Gasteiger partial charge in [-0.25, -0.2) is 0 Å². The Labute approximate surface area is 83.3 Å². The average molecular weight is 204 g/mol. The van der Waals surface area contributed by atoms with Crippen molar-refractivity contribution in [3.8, 4) is 0 Å². The molecule has 5 nitrogen and oxygen atoms in total. The third kappa shape index (κ3) is 9.15. The molecule has 0 fully saturated rings. The fourth-order valence-corrected chi connectivity index (χ4v) is 0.713. The molecule has 0 aromatic heterocycles. The first-order valence-electron chi connectivity index (χ1n) is 4.38. The van der Waals surface area contributed by atoms with E-state index in [0.717, 1.165) is 0 Å². The van der Waals surface area contributed by atoms with Gasteiger partial charge < -0.3 is 14.2 Å². The zero-order valence-corrected chi connectivity index (χ0v) is 8.58. The summed E-state index contributed by atoms with van der Waals surface area (Å²) in [6, 6.07) is 0. The molecule has 0 unspecified atom stereocenters. The van der Waals surface area contributed by atoms with Gasteiger partial charge in [0.25, 0.3) is 0 Å². The molecule has 0 aromatic rings. The third-order valence-corrected chi connectivity index (χ3v) is 1.32. The smallest absolute Gasteiger partial charge is 0.313 e. The van der Waals surface area contributed by atoms with Crippen LogP contribution in [0.15, 0.2) is 0 Å². The van der Waals surface area contributed by atoms with Gasteiger partial charge in [0.1, 0.15) is 18.8 Å². The SMILES string of the molecule is COCCOCCOC(=O)CC(C)=O. The number of hydrogen-bond donors (Lipinski definition) is 0. The summed E-state index contributed by atoms with van der Waals surface area (Å²) in [5.41, 5.74) is 0. The summed E-state index contributed by atoms with van der Waals surface area (Å²) in [5.74, 6) is -0.705. The van der Waals surface area contributed by atoms with Gasteiger partial charge in [-0.05, 0) is 6.92 Å². The highest BCUT2D eigenvalue weighted by Gasteiger charge is 2.05. The van der Waals surface area contributed by atoms with E-state index in [9.17, 15) is 9.59 Å². The number of methoxy groups -OCH3 is 1. The number of rotatable bonds is 8. The minimum atomic E-state index is -0.507. The number of hydrogen-bond acceptors (Lipinski definition) is 5. The van der Waals surface area contributed by atoms with Crippen LogP contribution >= 0.6 is 0 Å². The minimum Gasteiger partial charge on any atom is -0.463 e. The van der Waals surface area contributed by atoms with Crippen LogP contribution in [-0.2, 0) is 23.8 Å². The van der Waals surface area contributed by atoms with Crippen molar-refractivity contribution in [2.24, 2.45) is 0 Å². The fourth-order valence-electron chi connectivity index (χ4n) is 0.713. The standard InChI is InChI=1S/C9H16O5/c1-8(10)7-9(11)14-6-5-13-4-3-12-2/h3-7H2,1-2H3. The van der Waals surface area contributed by atoms with Gasteiger partial charge in [-0.1, -0.05) is 0 Å². The first-order chi connectivity index (χ1) is 6.66. The maximum atomic E-state index is 10.8. The summed E-state index contributed by atoms with van der Waals surface area (Å²) in [6.45, 7) is 2.83. The van der Waals surface area contributed by atoms with Crippen LogP contribution in [0.1, 0.15) is 13.3 Å². The summed E-state index contributed by atoms with van der Waals surface area (Å²) >= 11 is 0. The van der Waals surface area contributed by atoms with Crippen LogP contribution < -0.4 is 0 Å². The topological polar surface area (TPSA) is 61.8 Å². The molecule has 0 N–H and O–H groups in total. The number of carbonyl (C=O) groups is 2. The van der Waals surface area contributed by atoms with E-state index in [4.69, 9.17) is 14.2 Å². The molecule has 0 saturated heterocycles. The summed E-state index contributed by atoms with van der Waals surface area (Å²) in [6.07, 6.45) is -0.169. The third-order valence-electron chi connectivity index (χ3n) is 1.32. The fraction of sp³-hybridized carbons (Fsp3) is 0.778. The molecule has 0 aliphatic heterocycles. The van der Waals surface area contributed by atoms with Crippen molar-refractivity contribution in [2.75, 3.05) is 33.5 Å². The lowest BCUT2D eigenvalue weighted by atomic mass is 10.3. The molecule has 0 saturated carbocycles. The van der Waals surface area contributed by atoms with Crippen molar-refractivity contribution >= 4 is 11.8 Å². The molecule has 0 radical (unpaired) electrons. The number of carbonyl (C=O) groups excluding carboxylic acids is 2. The van der Waals surface area contributed by atoms with Gasteiger partial charge in [0.05, 0.1) is 19.8 Å². The zero-order chi connectivity index (χ0) is 10.8. The van der Waals surface area contributed by atoms with E-state index in [1.807, 2.05) is 0 Å². The predicted molar refractivity (Wildman–Crippen MR) is 49.0 cm³/mol. The second-order valence-corrected chi connectivity index (χ2v) is 2.70. The van der Waals surface area contributed by atoms with Crippen molar-refractivity contribution in [1.29, 1.82) is 0 Å². The second kappa shape index (κ2) is 8.65. The van der Waals surface area contributed by atoms with E-state index in [0.29, 0.717) is 19.8 Å². The van der Waals surface area contributed by atoms with Gasteiger partial charge in [-0.3, -0.25) is 9.59 Å². The molecule has 82 valence electrons. The van der Waals surface area contributed by atoms with Crippen LogP contribution in [-0.4, -0.2) is 45.3 Å². The van der Waals surface area contributed by atoms with E-state index in [1.54, 1.807) is 7.11 Å². The molecular formula is C9H16O5. The quantitative estimate of drug-likeness (QED) is 0.320. The average Bonchev–Trinajstić information content (AvgIpc) is 2.10. The van der Waals surface area contributed by atoms with E-state index in [-0.39, 0.29) is 18.8 Å². The Bertz CT molecular complexity index is 178. The first kappa shape index (κ1) is 13.1. The lowest BCUT2D eigenvalue weighted by Crippen LogP contribution is -2.14. The largest absolute Gasteiger partial charge is 0.463 e. The van der Waals surface area contributed by atoms with Crippen molar-refractivity contribution in [3.05, 3.63) is 0 Å². The molecule has 0 bridgehead atoms. The molecule has 0 amide bonds. The Balaban J connectivity index is 3.19. The molecule has 0 aliphatic rings. The van der Waals surface area contributed by atoms with Crippen LogP contribution in [0, 0.1) is 0 Å². The lowest BCUT2D eigenvalue weighted by Gasteiger charge is -2.04. The summed E-state index contributed by atoms with van der Waals surface area (Å²) in [4.78, 5) is 21.3. The second-order valence-electron chi connectivity index (χ2n) is 2.70. The minimum absolute atomic E-state index is 0.169. The summed E-state index contributed by atoms with van der Waals surface area (Å²) < 4.78 is 14.5. The van der Waals surface area contributed by atoms with Crippen molar-refractivity contribution in [3.63, 3.8) is 0 Å². The van der Waals surface area contributed by atoms with E-state index >= 15 is 0 Å². The Hall–Kier alpha value is -0.940. The molecule has 0 heterocycles. The van der Waals surface area contributed by atoms with E-state index in [2.05, 4.69) is 0 Å². The van der Waals surface area contributed by atoms with Crippen LogP contribution in [0.4, 0.5) is 0 Å². The monoisotopic (exact) mass is 204 g/mol. The highest BCUT2D eigenvalue weighted by Crippen LogP contribution is 1.88. The highest BCUT2D eigenvalue weighted by atomic mass is 16.6. The van der Waals surface area contributed by atoms with Crippen LogP contribution in [0.3, 0.4) is 0 Å². The van der Waals surface area contributed by atoms with Crippen LogP contribution in [0.5, 0.6) is 0 Å². The Morgan fingerprint density at radius 2 is 1.71 bits per heavy atom. The van der Waals surface area contributed by atoms with Gasteiger partial charge in [-0.2, -0.15) is 0 Å². The molecule has 5 heteroatoms. The highest BCUT2D eigenvalue weighted by molar-refractivity contribution is 5.94. The first-order valence-corrected chi connectivity index (χ1v) is 4.38. The summed E-state index contributed by atoms with van der Waals surface area (Å²) in [5, 5.41) is 0. The van der Waals surface area contributed by atoms with Crippen molar-refractivity contribution in [2.45, 2.75) is 13.3 Å². The molecule has 0 aliphatic carbocycles. The van der Waals surface area contributed by atoms with E-state index in [1.165, 1.54) is 6.92 Å². The zero-order valence-electron chi connectivity index (χ0n) is 8.58. The summed E-state index contributed by atoms with van der Waals surface area (Å²) in [7, 11) is 1.58. The van der Waals surface area contributed by atoms with E-state index < -0.39 is 5.97 Å². The van der Waals surface area contributed by atoms with Gasteiger partial charge in [0, 0.05) is 7.11 Å². The molecular weight excluding hydrogens is 188 g/mol. The molecule has 0 atom stereocenters. The van der Waals surface area contributed by atoms with Crippen LogP contribution in [0.2, 0.25) is 0 Å². The number of ether oxygens (including phenoxy) is 3. The van der Waals surface area contributed by atoms with Crippen molar-refractivity contribution in [1.82, 2.24) is 0 Å². The van der Waals surface area contributed by atoms with Gasteiger partial charge in [0.2, 0.25) is 0 Å². The van der Waals surface area contributed by atoms with Crippen molar-refractivity contribution < 1.29 is 23.8 Å². The molecule has 0 rings (SSSR count). The number of ketones is 1. The molecule has 0 spiro atoms. The maximum absolute atomic E-state index is 10.8. The number of esters is 1. The molecule has 0 aromatic carbocycles. The Morgan fingerprint density at radius 3 is 2.29 bits per heavy atom. The Kier molecular flexibility index (Phi) is 8.07. The van der Waals surface area contributed by atoms with Crippen LogP contribution in [0.25, 0.3) is 0 Å². The van der Waals surface area contributed by atoms with Gasteiger partial charge >= 0.3 is 5.97 Å². The maximum Gasteiger partial charge on any atom is 0.313 e. The molecule has 14 heavy (non-hydrogen) atoms. The van der Waals surface area contributed by atoms with Gasteiger partial charge in [-0.15, -0.1) is 0 Å². The normalized spacial score (nSPS) is 9.86. The predicted octanol–water partition coefficient (Wildman–Crippen LogP) is 0.172.